The van der Waals surface area contributed by atoms with Crippen molar-refractivity contribution in [2.24, 2.45) is 0 Å². The van der Waals surface area contributed by atoms with E-state index in [1.165, 1.54) is 0 Å². The molecular weight excluding hydrogens is 306 g/mol. The fraction of sp³-hybridized carbons (Fsp3) is 0.818. The van der Waals surface area contributed by atoms with Crippen molar-refractivity contribution in [2.45, 2.75) is 42.7 Å². The number of aliphatic carboxylic acids is 1. The van der Waals surface area contributed by atoms with Gasteiger partial charge in [-0.1, -0.05) is 0 Å². The topological polar surface area (TPSA) is 200 Å². The van der Waals surface area contributed by atoms with Crippen LogP contribution in [0.3, 0.4) is 0 Å². The lowest BCUT2D eigenvalue weighted by Gasteiger charge is -2.46. The molecular formula is C11H18NO10-. The molecule has 0 aromatic heterocycles. The minimum Gasteiger partial charge on any atom is -0.544 e. The molecule has 0 saturated carbocycles. The quantitative estimate of drug-likeness (QED) is 0.246. The minimum absolute atomic E-state index is 0.885. The number of carbonyl (C=O) groups excluding carboxylic acids is 2. The van der Waals surface area contributed by atoms with Crippen LogP contribution < -0.4 is 10.4 Å². The van der Waals surface area contributed by atoms with Crippen molar-refractivity contribution in [3.8, 4) is 0 Å². The van der Waals surface area contributed by atoms with Crippen LogP contribution in [0.2, 0.25) is 0 Å². The average Bonchev–Trinajstić information content (AvgIpc) is 2.47. The number of carboxylic acids is 1. The summed E-state index contributed by atoms with van der Waals surface area (Å²) in [5.74, 6) is -6.02. The lowest BCUT2D eigenvalue weighted by Crippen LogP contribution is -2.69. The molecule has 128 valence electrons. The summed E-state index contributed by atoms with van der Waals surface area (Å²) in [4.78, 5) is 22.1. The van der Waals surface area contributed by atoms with Gasteiger partial charge in [0.1, 0.15) is 30.9 Å². The number of rotatable bonds is 6. The molecule has 1 unspecified atom stereocenters. The maximum absolute atomic E-state index is 11.2. The molecule has 0 radical (unpaired) electrons. The van der Waals surface area contributed by atoms with Gasteiger partial charge in [0.25, 0.3) is 0 Å². The summed E-state index contributed by atoms with van der Waals surface area (Å²) in [6.07, 6.45) is -8.11. The summed E-state index contributed by atoms with van der Waals surface area (Å²) in [5.41, 5.74) is 0. The molecule has 1 fully saturated rings. The Hall–Kier alpha value is -1.34. The van der Waals surface area contributed by atoms with Gasteiger partial charge in [-0.3, -0.25) is 4.79 Å². The predicted octanol–water partition coefficient (Wildman–Crippen LogP) is -6.23. The molecule has 0 aromatic carbocycles. The second kappa shape index (κ2) is 7.28. The molecule has 1 rings (SSSR count). The van der Waals surface area contributed by atoms with Gasteiger partial charge < -0.3 is 50.6 Å². The van der Waals surface area contributed by atoms with E-state index in [-0.39, 0.29) is 0 Å². The highest BCUT2D eigenvalue weighted by Crippen LogP contribution is 2.29. The van der Waals surface area contributed by atoms with Crippen LogP contribution >= 0.6 is 0 Å². The highest BCUT2D eigenvalue weighted by molar-refractivity contribution is 5.77. The standard InChI is InChI=1S/C11H19NO10/c13-2-5(16)8(18)9-7(12-6(17)3-14)4(15)1-11(21,22-9)10(19)20/h4-5,7-9,13-16,18,21H,1-3H2,(H,12,17)(H,19,20)/p-1/t4-,5+,7+,8+,9+,11?/m0/s1. The van der Waals surface area contributed by atoms with Crippen LogP contribution in [0.5, 0.6) is 0 Å². The van der Waals surface area contributed by atoms with E-state index in [9.17, 15) is 35.1 Å². The molecule has 0 aromatic rings. The SMILES string of the molecule is O=C(CO)N[C@H]1[C@H]([C@H](O)[C@H](O)CO)OC(O)(C(=O)[O-])C[C@@H]1O. The van der Waals surface area contributed by atoms with Gasteiger partial charge in [0.05, 0.1) is 18.8 Å². The van der Waals surface area contributed by atoms with Crippen molar-refractivity contribution in [2.75, 3.05) is 13.2 Å². The fourth-order valence-corrected chi connectivity index (χ4v) is 2.13. The maximum Gasteiger partial charge on any atom is 0.246 e. The van der Waals surface area contributed by atoms with Crippen molar-refractivity contribution in [3.63, 3.8) is 0 Å². The van der Waals surface area contributed by atoms with E-state index in [0.717, 1.165) is 0 Å². The second-order valence-corrected chi connectivity index (χ2v) is 4.92. The van der Waals surface area contributed by atoms with Crippen molar-refractivity contribution in [1.29, 1.82) is 0 Å². The van der Waals surface area contributed by atoms with Gasteiger partial charge in [-0.15, -0.1) is 0 Å². The first-order chi connectivity index (χ1) is 10.2. The molecule has 0 bridgehead atoms. The Balaban J connectivity index is 3.07. The van der Waals surface area contributed by atoms with Crippen LogP contribution in [0.4, 0.5) is 0 Å². The average molecular weight is 324 g/mol. The van der Waals surface area contributed by atoms with Crippen molar-refractivity contribution in [3.05, 3.63) is 0 Å². The zero-order chi connectivity index (χ0) is 17.1. The van der Waals surface area contributed by atoms with E-state index < -0.39 is 67.8 Å². The van der Waals surface area contributed by atoms with Crippen LogP contribution in [0.15, 0.2) is 0 Å². The molecule has 0 spiro atoms. The molecule has 1 heterocycles. The van der Waals surface area contributed by atoms with Gasteiger partial charge in [-0.2, -0.15) is 0 Å². The van der Waals surface area contributed by atoms with Crippen LogP contribution in [0.25, 0.3) is 0 Å². The Morgan fingerprint density at radius 3 is 2.41 bits per heavy atom. The van der Waals surface area contributed by atoms with Crippen LogP contribution in [0.1, 0.15) is 6.42 Å². The smallest absolute Gasteiger partial charge is 0.246 e. The number of hydrogen-bond donors (Lipinski definition) is 7. The molecule has 6 atom stereocenters. The van der Waals surface area contributed by atoms with Gasteiger partial charge in [0, 0.05) is 6.42 Å². The van der Waals surface area contributed by atoms with Gasteiger partial charge in [0.15, 0.2) is 0 Å². The van der Waals surface area contributed by atoms with E-state index in [4.69, 9.17) is 14.9 Å². The lowest BCUT2D eigenvalue weighted by molar-refractivity contribution is -0.374. The first-order valence-electron chi connectivity index (χ1n) is 6.33. The summed E-state index contributed by atoms with van der Waals surface area (Å²) in [6.45, 7) is -1.89. The number of amides is 1. The molecule has 1 amide bonds. The van der Waals surface area contributed by atoms with Crippen LogP contribution in [-0.4, -0.2) is 92.0 Å². The van der Waals surface area contributed by atoms with E-state index in [0.29, 0.717) is 0 Å². The number of carboxylic acid groups (broad SMARTS) is 1. The Morgan fingerprint density at radius 1 is 1.36 bits per heavy atom. The summed E-state index contributed by atoms with van der Waals surface area (Å²) in [6, 6.07) is -1.45. The predicted molar refractivity (Wildman–Crippen MR) is 63.6 cm³/mol. The van der Waals surface area contributed by atoms with Crippen molar-refractivity contribution >= 4 is 11.9 Å². The minimum atomic E-state index is -2.96. The number of aliphatic hydroxyl groups excluding tert-OH is 5. The number of hydrogen-bond acceptors (Lipinski definition) is 10. The van der Waals surface area contributed by atoms with E-state index in [1.807, 2.05) is 0 Å². The largest absolute Gasteiger partial charge is 0.544 e. The third-order valence-electron chi connectivity index (χ3n) is 3.29. The maximum atomic E-state index is 11.2. The summed E-state index contributed by atoms with van der Waals surface area (Å²) in [5, 5.41) is 69.3. The fourth-order valence-electron chi connectivity index (χ4n) is 2.13. The number of ether oxygens (including phenoxy) is 1. The highest BCUT2D eigenvalue weighted by atomic mass is 16.7. The lowest BCUT2D eigenvalue weighted by atomic mass is 9.88. The van der Waals surface area contributed by atoms with Gasteiger partial charge >= 0.3 is 0 Å². The third-order valence-corrected chi connectivity index (χ3v) is 3.29. The van der Waals surface area contributed by atoms with Crippen LogP contribution in [0, 0.1) is 0 Å². The number of carbonyl (C=O) groups is 2. The van der Waals surface area contributed by atoms with E-state index >= 15 is 0 Å². The molecule has 1 aliphatic heterocycles. The van der Waals surface area contributed by atoms with Crippen molar-refractivity contribution < 1.29 is 50.1 Å². The zero-order valence-corrected chi connectivity index (χ0v) is 11.3. The van der Waals surface area contributed by atoms with Gasteiger partial charge in [-0.05, 0) is 0 Å². The molecule has 22 heavy (non-hydrogen) atoms. The Morgan fingerprint density at radius 2 is 1.95 bits per heavy atom. The first kappa shape index (κ1) is 18.7. The Bertz CT molecular complexity index is 418. The first-order valence-corrected chi connectivity index (χ1v) is 6.33. The Labute approximate surface area is 124 Å². The highest BCUT2D eigenvalue weighted by Gasteiger charge is 2.50. The molecule has 1 aliphatic rings. The zero-order valence-electron chi connectivity index (χ0n) is 11.3. The Kier molecular flexibility index (Phi) is 6.19. The van der Waals surface area contributed by atoms with E-state index in [1.54, 1.807) is 0 Å². The third kappa shape index (κ3) is 3.89. The second-order valence-electron chi connectivity index (χ2n) is 4.92. The number of nitrogens with one attached hydrogen (secondary N) is 1. The number of aliphatic hydroxyl groups is 6. The molecule has 0 aliphatic carbocycles. The summed E-state index contributed by atoms with van der Waals surface area (Å²) >= 11 is 0. The van der Waals surface area contributed by atoms with E-state index in [2.05, 4.69) is 5.32 Å². The molecule has 7 N–H and O–H groups in total. The normalized spacial score (nSPS) is 34.7. The molecule has 11 nitrogen and oxygen atoms in total. The van der Waals surface area contributed by atoms with Crippen LogP contribution in [-0.2, 0) is 14.3 Å². The van der Waals surface area contributed by atoms with Gasteiger partial charge in [-0.25, -0.2) is 0 Å². The summed E-state index contributed by atoms with van der Waals surface area (Å²) < 4.78 is 4.76. The summed E-state index contributed by atoms with van der Waals surface area (Å²) in [7, 11) is 0. The van der Waals surface area contributed by atoms with Gasteiger partial charge in [0.2, 0.25) is 11.7 Å². The molecule has 1 saturated heterocycles. The van der Waals surface area contributed by atoms with Crippen molar-refractivity contribution in [1.82, 2.24) is 5.32 Å². The molecule has 11 heteroatoms. The monoisotopic (exact) mass is 324 g/mol.